The van der Waals surface area contributed by atoms with Crippen molar-refractivity contribution in [3.8, 4) is 0 Å². The summed E-state index contributed by atoms with van der Waals surface area (Å²) in [6.07, 6.45) is 0. The van der Waals surface area contributed by atoms with Crippen molar-refractivity contribution in [1.29, 1.82) is 0 Å². The van der Waals surface area contributed by atoms with Crippen molar-refractivity contribution in [3.63, 3.8) is 0 Å². The van der Waals surface area contributed by atoms with Crippen LogP contribution in [-0.2, 0) is 0 Å². The zero-order valence-electron chi connectivity index (χ0n) is 6.10. The smallest absolute Gasteiger partial charge is 0.279 e. The summed E-state index contributed by atoms with van der Waals surface area (Å²) in [5, 5.41) is 3.16. The van der Waals surface area contributed by atoms with Gasteiger partial charge in [0.1, 0.15) is 0 Å². The fraction of sp³-hybridized carbons (Fsp3) is 0.833. The van der Waals surface area contributed by atoms with E-state index in [0.717, 1.165) is 6.54 Å². The Kier molecular flexibility index (Phi) is 4.58. The Bertz CT molecular complexity index is 93.1. The summed E-state index contributed by atoms with van der Waals surface area (Å²) >= 11 is 1.33. The van der Waals surface area contributed by atoms with E-state index in [0.29, 0.717) is 5.25 Å². The molecule has 2 nitrogen and oxygen atoms in total. The van der Waals surface area contributed by atoms with Crippen LogP contribution in [0.2, 0.25) is 0 Å². The molecule has 0 aromatic carbocycles. The summed E-state index contributed by atoms with van der Waals surface area (Å²) in [6, 6.07) is 0. The van der Waals surface area contributed by atoms with Crippen LogP contribution >= 0.6 is 11.8 Å². The van der Waals surface area contributed by atoms with E-state index < -0.39 is 0 Å². The maximum atomic E-state index is 10.7. The second-order valence-corrected chi connectivity index (χ2v) is 3.53. The number of amides is 1. The van der Waals surface area contributed by atoms with Crippen LogP contribution in [0.1, 0.15) is 20.8 Å². The summed E-state index contributed by atoms with van der Waals surface area (Å²) in [7, 11) is 0. The van der Waals surface area contributed by atoms with Gasteiger partial charge in [-0.25, -0.2) is 0 Å². The van der Waals surface area contributed by atoms with Gasteiger partial charge in [-0.3, -0.25) is 4.79 Å². The van der Waals surface area contributed by atoms with Gasteiger partial charge in [0, 0.05) is 11.8 Å². The van der Waals surface area contributed by atoms with Crippen molar-refractivity contribution in [3.05, 3.63) is 0 Å². The van der Waals surface area contributed by atoms with E-state index in [9.17, 15) is 4.79 Å². The van der Waals surface area contributed by atoms with Crippen LogP contribution < -0.4 is 5.32 Å². The Morgan fingerprint density at radius 3 is 2.56 bits per heavy atom. The molecule has 0 unspecified atom stereocenters. The van der Waals surface area contributed by atoms with Crippen molar-refractivity contribution in [2.45, 2.75) is 26.0 Å². The monoisotopic (exact) mass is 147 g/mol. The van der Waals surface area contributed by atoms with E-state index in [-0.39, 0.29) is 5.24 Å². The first-order valence-corrected chi connectivity index (χ1v) is 3.99. The van der Waals surface area contributed by atoms with E-state index in [4.69, 9.17) is 0 Å². The van der Waals surface area contributed by atoms with E-state index in [1.807, 2.05) is 20.8 Å². The number of nitrogens with one attached hydrogen (secondary N) is 1. The maximum absolute atomic E-state index is 10.7. The highest BCUT2D eigenvalue weighted by molar-refractivity contribution is 8.14. The van der Waals surface area contributed by atoms with E-state index in [2.05, 4.69) is 5.32 Å². The lowest BCUT2D eigenvalue weighted by molar-refractivity contribution is 0.261. The van der Waals surface area contributed by atoms with Crippen LogP contribution in [-0.4, -0.2) is 17.0 Å². The molecule has 3 heteroatoms. The zero-order chi connectivity index (χ0) is 7.28. The molecule has 1 amide bonds. The van der Waals surface area contributed by atoms with Gasteiger partial charge in [-0.05, 0) is 6.92 Å². The first kappa shape index (κ1) is 8.82. The topological polar surface area (TPSA) is 29.1 Å². The highest BCUT2D eigenvalue weighted by Crippen LogP contribution is 2.08. The number of hydrogen-bond donors (Lipinski definition) is 1. The Balaban J connectivity index is 3.27. The lowest BCUT2D eigenvalue weighted by Crippen LogP contribution is -2.18. The van der Waals surface area contributed by atoms with Crippen molar-refractivity contribution in [2.24, 2.45) is 0 Å². The second kappa shape index (κ2) is 4.68. The molecule has 0 spiro atoms. The third kappa shape index (κ3) is 5.69. The molecule has 0 aromatic heterocycles. The molecule has 0 saturated carbocycles. The van der Waals surface area contributed by atoms with Gasteiger partial charge < -0.3 is 5.32 Å². The molecule has 0 atom stereocenters. The SMILES string of the molecule is CCNC(=O)SC(C)C. The molecule has 0 fully saturated rings. The molecule has 54 valence electrons. The van der Waals surface area contributed by atoms with Crippen LogP contribution in [0.25, 0.3) is 0 Å². The highest BCUT2D eigenvalue weighted by atomic mass is 32.2. The second-order valence-electron chi connectivity index (χ2n) is 1.98. The largest absolute Gasteiger partial charge is 0.347 e. The first-order valence-electron chi connectivity index (χ1n) is 3.11. The lowest BCUT2D eigenvalue weighted by atomic mass is 10.6. The van der Waals surface area contributed by atoms with Gasteiger partial charge in [0.2, 0.25) is 0 Å². The maximum Gasteiger partial charge on any atom is 0.279 e. The number of thioether (sulfide) groups is 1. The molecule has 0 bridgehead atoms. The molecular weight excluding hydrogens is 134 g/mol. The van der Waals surface area contributed by atoms with E-state index in [1.54, 1.807) is 0 Å². The van der Waals surface area contributed by atoms with Crippen molar-refractivity contribution in [1.82, 2.24) is 5.32 Å². The fourth-order valence-electron chi connectivity index (χ4n) is 0.400. The standard InChI is InChI=1S/C6H13NOS/c1-4-7-6(8)9-5(2)3/h5H,4H2,1-3H3,(H,7,8). The lowest BCUT2D eigenvalue weighted by Gasteiger charge is -2.02. The third-order valence-electron chi connectivity index (χ3n) is 0.664. The van der Waals surface area contributed by atoms with Gasteiger partial charge in [-0.1, -0.05) is 25.6 Å². The van der Waals surface area contributed by atoms with Crippen molar-refractivity contribution in [2.75, 3.05) is 6.54 Å². The quantitative estimate of drug-likeness (QED) is 0.646. The molecule has 0 aliphatic heterocycles. The first-order chi connectivity index (χ1) is 4.16. The average molecular weight is 147 g/mol. The van der Waals surface area contributed by atoms with E-state index in [1.165, 1.54) is 11.8 Å². The number of carbonyl (C=O) groups is 1. The fourth-order valence-corrected chi connectivity index (χ4v) is 1.06. The van der Waals surface area contributed by atoms with Crippen LogP contribution in [0.4, 0.5) is 4.79 Å². The van der Waals surface area contributed by atoms with E-state index >= 15 is 0 Å². The Labute approximate surface area is 60.4 Å². The van der Waals surface area contributed by atoms with Gasteiger partial charge >= 0.3 is 0 Å². The summed E-state index contributed by atoms with van der Waals surface area (Å²) in [5.74, 6) is 0. The van der Waals surface area contributed by atoms with Gasteiger partial charge in [0.15, 0.2) is 0 Å². The van der Waals surface area contributed by atoms with Gasteiger partial charge in [-0.2, -0.15) is 0 Å². The van der Waals surface area contributed by atoms with Crippen molar-refractivity contribution >= 4 is 17.0 Å². The highest BCUT2D eigenvalue weighted by Gasteiger charge is 2.01. The van der Waals surface area contributed by atoms with Crippen LogP contribution in [0.15, 0.2) is 0 Å². The molecular formula is C6H13NOS. The normalized spacial score (nSPS) is 9.78. The van der Waals surface area contributed by atoms with Gasteiger partial charge in [0.25, 0.3) is 5.24 Å². The number of carbonyl (C=O) groups excluding carboxylic acids is 1. The summed E-state index contributed by atoms with van der Waals surface area (Å²) in [4.78, 5) is 10.7. The minimum atomic E-state index is 0.0764. The Hall–Kier alpha value is -0.180. The summed E-state index contributed by atoms with van der Waals surface area (Å²) in [6.45, 7) is 6.64. The molecule has 0 saturated heterocycles. The minimum absolute atomic E-state index is 0.0764. The van der Waals surface area contributed by atoms with Crippen LogP contribution in [0, 0.1) is 0 Å². The predicted molar refractivity (Wildman–Crippen MR) is 41.8 cm³/mol. The third-order valence-corrected chi connectivity index (χ3v) is 1.49. The molecule has 0 aliphatic carbocycles. The van der Waals surface area contributed by atoms with Gasteiger partial charge in [0.05, 0.1) is 0 Å². The molecule has 0 aromatic rings. The molecule has 9 heavy (non-hydrogen) atoms. The number of hydrogen-bond acceptors (Lipinski definition) is 2. The van der Waals surface area contributed by atoms with Crippen LogP contribution in [0.5, 0.6) is 0 Å². The molecule has 0 aliphatic rings. The predicted octanol–water partition coefficient (Wildman–Crippen LogP) is 1.86. The molecule has 0 radical (unpaired) electrons. The number of rotatable bonds is 2. The molecule has 0 heterocycles. The summed E-state index contributed by atoms with van der Waals surface area (Å²) in [5.41, 5.74) is 0. The molecule has 0 rings (SSSR count). The Morgan fingerprint density at radius 1 is 1.67 bits per heavy atom. The van der Waals surface area contributed by atoms with Crippen LogP contribution in [0.3, 0.4) is 0 Å². The van der Waals surface area contributed by atoms with Crippen molar-refractivity contribution < 1.29 is 4.79 Å². The average Bonchev–Trinajstić information content (AvgIpc) is 1.63. The zero-order valence-corrected chi connectivity index (χ0v) is 6.92. The molecule has 1 N–H and O–H groups in total. The van der Waals surface area contributed by atoms with Gasteiger partial charge in [-0.15, -0.1) is 0 Å². The minimum Gasteiger partial charge on any atom is -0.347 e. The summed E-state index contributed by atoms with van der Waals surface area (Å²) < 4.78 is 0. The Morgan fingerprint density at radius 2 is 2.22 bits per heavy atom.